The summed E-state index contributed by atoms with van der Waals surface area (Å²) >= 11 is 9.12. The van der Waals surface area contributed by atoms with Gasteiger partial charge in [0.1, 0.15) is 23.1 Å². The summed E-state index contributed by atoms with van der Waals surface area (Å²) in [7, 11) is 1.58. The summed E-state index contributed by atoms with van der Waals surface area (Å²) in [6, 6.07) is 9.89. The first-order valence-corrected chi connectivity index (χ1v) is 6.83. The SMILES string of the molecule is COc1ccc(Oc2cccc(F)c2CCl)c(Br)c1. The molecule has 0 aliphatic heterocycles. The molecule has 0 saturated heterocycles. The number of alkyl halides is 1. The Morgan fingerprint density at radius 1 is 1.21 bits per heavy atom. The number of hydrogen-bond donors (Lipinski definition) is 0. The molecule has 0 N–H and O–H groups in total. The molecular weight excluding hydrogens is 335 g/mol. The molecule has 0 aliphatic carbocycles. The van der Waals surface area contributed by atoms with Gasteiger partial charge in [0.15, 0.2) is 0 Å². The maximum Gasteiger partial charge on any atom is 0.141 e. The molecule has 0 fully saturated rings. The highest BCUT2D eigenvalue weighted by atomic mass is 79.9. The maximum atomic E-state index is 13.6. The number of ether oxygens (including phenoxy) is 2. The van der Waals surface area contributed by atoms with Gasteiger partial charge in [-0.15, -0.1) is 11.6 Å². The molecular formula is C14H11BrClFO2. The molecule has 100 valence electrons. The Hall–Kier alpha value is -1.26. The van der Waals surface area contributed by atoms with Crippen molar-refractivity contribution in [1.29, 1.82) is 0 Å². The van der Waals surface area contributed by atoms with Gasteiger partial charge < -0.3 is 9.47 Å². The minimum Gasteiger partial charge on any atom is -0.497 e. The lowest BCUT2D eigenvalue weighted by molar-refractivity contribution is 0.412. The maximum absolute atomic E-state index is 13.6. The normalized spacial score (nSPS) is 10.3. The van der Waals surface area contributed by atoms with Gasteiger partial charge in [-0.3, -0.25) is 0 Å². The first-order chi connectivity index (χ1) is 9.15. The zero-order chi connectivity index (χ0) is 13.8. The average molecular weight is 346 g/mol. The van der Waals surface area contributed by atoms with E-state index in [1.807, 2.05) is 0 Å². The van der Waals surface area contributed by atoms with E-state index in [0.717, 1.165) is 4.47 Å². The average Bonchev–Trinajstić information content (AvgIpc) is 2.41. The Labute approximate surface area is 124 Å². The molecule has 19 heavy (non-hydrogen) atoms. The van der Waals surface area contributed by atoms with Gasteiger partial charge in [-0.2, -0.15) is 0 Å². The Bertz CT molecular complexity index is 590. The van der Waals surface area contributed by atoms with Crippen molar-refractivity contribution in [3.63, 3.8) is 0 Å². The summed E-state index contributed by atoms with van der Waals surface area (Å²) in [4.78, 5) is 0. The van der Waals surface area contributed by atoms with Crippen LogP contribution in [0.25, 0.3) is 0 Å². The lowest BCUT2D eigenvalue weighted by atomic mass is 10.2. The Balaban J connectivity index is 2.34. The molecule has 0 aromatic heterocycles. The third-order valence-corrected chi connectivity index (χ3v) is 3.46. The first kappa shape index (κ1) is 14.2. The quantitative estimate of drug-likeness (QED) is 0.715. The fourth-order valence-electron chi connectivity index (χ4n) is 1.57. The van der Waals surface area contributed by atoms with Crippen molar-refractivity contribution in [1.82, 2.24) is 0 Å². The Morgan fingerprint density at radius 3 is 2.63 bits per heavy atom. The molecule has 2 nitrogen and oxygen atoms in total. The lowest BCUT2D eigenvalue weighted by Gasteiger charge is -2.12. The topological polar surface area (TPSA) is 18.5 Å². The molecule has 0 saturated carbocycles. The van der Waals surface area contributed by atoms with E-state index < -0.39 is 0 Å². The van der Waals surface area contributed by atoms with Crippen LogP contribution in [0.4, 0.5) is 4.39 Å². The van der Waals surface area contributed by atoms with Crippen LogP contribution in [0.3, 0.4) is 0 Å². The number of rotatable bonds is 4. The second kappa shape index (κ2) is 6.26. The molecule has 0 radical (unpaired) electrons. The van der Waals surface area contributed by atoms with Crippen molar-refractivity contribution in [3.05, 3.63) is 52.3 Å². The highest BCUT2D eigenvalue weighted by Crippen LogP contribution is 2.35. The van der Waals surface area contributed by atoms with Crippen LogP contribution >= 0.6 is 27.5 Å². The first-order valence-electron chi connectivity index (χ1n) is 5.50. The van der Waals surface area contributed by atoms with Gasteiger partial charge >= 0.3 is 0 Å². The second-order valence-corrected chi connectivity index (χ2v) is 4.87. The molecule has 2 aromatic rings. The molecule has 0 atom stereocenters. The van der Waals surface area contributed by atoms with Gasteiger partial charge in [0.05, 0.1) is 17.5 Å². The van der Waals surface area contributed by atoms with Gasteiger partial charge in [-0.25, -0.2) is 4.39 Å². The summed E-state index contributed by atoms with van der Waals surface area (Å²) < 4.78 is 25.1. The molecule has 0 aliphatic rings. The summed E-state index contributed by atoms with van der Waals surface area (Å²) in [5, 5.41) is 0. The summed E-state index contributed by atoms with van der Waals surface area (Å²) in [5.41, 5.74) is 0.340. The monoisotopic (exact) mass is 344 g/mol. The number of halogens is 3. The fourth-order valence-corrected chi connectivity index (χ4v) is 2.27. The molecule has 0 amide bonds. The lowest BCUT2D eigenvalue weighted by Crippen LogP contribution is -1.94. The summed E-state index contributed by atoms with van der Waals surface area (Å²) in [5.74, 6) is 1.35. The molecule has 2 rings (SSSR count). The predicted molar refractivity (Wildman–Crippen MR) is 76.7 cm³/mol. The van der Waals surface area contributed by atoms with Crippen molar-refractivity contribution in [2.24, 2.45) is 0 Å². The van der Waals surface area contributed by atoms with Crippen molar-refractivity contribution >= 4 is 27.5 Å². The minimum absolute atomic E-state index is 0.0514. The van der Waals surface area contributed by atoms with Gasteiger partial charge in [-0.1, -0.05) is 6.07 Å². The second-order valence-electron chi connectivity index (χ2n) is 3.75. The third-order valence-electron chi connectivity index (χ3n) is 2.57. The molecule has 2 aromatic carbocycles. The number of hydrogen-bond acceptors (Lipinski definition) is 2. The van der Waals surface area contributed by atoms with Crippen molar-refractivity contribution in [2.45, 2.75) is 5.88 Å². The minimum atomic E-state index is -0.378. The standard InChI is InChI=1S/C14H11BrClFO2/c1-18-9-5-6-14(11(15)7-9)19-13-4-2-3-12(17)10(13)8-16/h2-7H,8H2,1H3. The molecule has 0 unspecified atom stereocenters. The zero-order valence-corrected chi connectivity index (χ0v) is 12.5. The van der Waals surface area contributed by atoms with Crippen molar-refractivity contribution in [3.8, 4) is 17.2 Å². The van der Waals surface area contributed by atoms with Crippen LogP contribution in [0.2, 0.25) is 0 Å². The molecule has 0 spiro atoms. The van der Waals surface area contributed by atoms with E-state index in [4.69, 9.17) is 21.1 Å². The van der Waals surface area contributed by atoms with E-state index in [-0.39, 0.29) is 11.7 Å². The van der Waals surface area contributed by atoms with Crippen LogP contribution < -0.4 is 9.47 Å². The predicted octanol–water partition coefficient (Wildman–Crippen LogP) is 5.13. The van der Waals surface area contributed by atoms with E-state index in [1.54, 1.807) is 37.4 Å². The van der Waals surface area contributed by atoms with Crippen LogP contribution in [0, 0.1) is 5.82 Å². The van der Waals surface area contributed by atoms with Crippen LogP contribution in [0.5, 0.6) is 17.2 Å². The fraction of sp³-hybridized carbons (Fsp3) is 0.143. The summed E-state index contributed by atoms with van der Waals surface area (Å²) in [6.07, 6.45) is 0. The molecule has 0 bridgehead atoms. The molecule has 0 heterocycles. The van der Waals surface area contributed by atoms with Gasteiger partial charge in [-0.05, 0) is 46.3 Å². The Kier molecular flexibility index (Phi) is 4.66. The smallest absolute Gasteiger partial charge is 0.141 e. The van der Waals surface area contributed by atoms with Crippen LogP contribution in [-0.4, -0.2) is 7.11 Å². The van der Waals surface area contributed by atoms with Crippen molar-refractivity contribution in [2.75, 3.05) is 7.11 Å². The van der Waals surface area contributed by atoms with E-state index in [2.05, 4.69) is 15.9 Å². The van der Waals surface area contributed by atoms with E-state index in [1.165, 1.54) is 6.07 Å². The van der Waals surface area contributed by atoms with Crippen molar-refractivity contribution < 1.29 is 13.9 Å². The van der Waals surface area contributed by atoms with Gasteiger partial charge in [0.25, 0.3) is 0 Å². The Morgan fingerprint density at radius 2 is 2.00 bits per heavy atom. The molecule has 5 heteroatoms. The van der Waals surface area contributed by atoms with E-state index in [9.17, 15) is 4.39 Å². The third kappa shape index (κ3) is 3.19. The number of benzene rings is 2. The van der Waals surface area contributed by atoms with Gasteiger partial charge in [0, 0.05) is 5.56 Å². The zero-order valence-electron chi connectivity index (χ0n) is 10.1. The van der Waals surface area contributed by atoms with Crippen LogP contribution in [-0.2, 0) is 5.88 Å². The highest BCUT2D eigenvalue weighted by molar-refractivity contribution is 9.10. The van der Waals surface area contributed by atoms with Gasteiger partial charge in [0.2, 0.25) is 0 Å². The van der Waals surface area contributed by atoms with E-state index >= 15 is 0 Å². The number of methoxy groups -OCH3 is 1. The largest absolute Gasteiger partial charge is 0.497 e. The van der Waals surface area contributed by atoms with E-state index in [0.29, 0.717) is 22.8 Å². The summed E-state index contributed by atoms with van der Waals surface area (Å²) in [6.45, 7) is 0. The van der Waals surface area contributed by atoms with Crippen LogP contribution in [0.1, 0.15) is 5.56 Å². The van der Waals surface area contributed by atoms with Crippen LogP contribution in [0.15, 0.2) is 40.9 Å². The highest BCUT2D eigenvalue weighted by Gasteiger charge is 2.11.